The Kier molecular flexibility index (Phi) is 7.12. The number of carbonyl (C=O) groups is 1. The molecule has 1 N–H and O–H groups in total. The minimum Gasteiger partial charge on any atom is -0.496 e. The highest BCUT2D eigenvalue weighted by atomic mass is 32.2. The van der Waals surface area contributed by atoms with Crippen LogP contribution in [0.3, 0.4) is 0 Å². The van der Waals surface area contributed by atoms with Gasteiger partial charge in [-0.15, -0.1) is 0 Å². The minimum atomic E-state index is -3.84. The van der Waals surface area contributed by atoms with Crippen molar-refractivity contribution in [3.63, 3.8) is 0 Å². The summed E-state index contributed by atoms with van der Waals surface area (Å²) in [5.41, 5.74) is 2.23. The molecule has 2 aromatic carbocycles. The monoisotopic (exact) mass is 432 g/mol. The molecule has 1 aliphatic rings. The predicted octanol–water partition coefficient (Wildman–Crippen LogP) is 2.91. The summed E-state index contributed by atoms with van der Waals surface area (Å²) >= 11 is 0. The number of amides is 1. The van der Waals surface area contributed by atoms with Crippen LogP contribution in [0.1, 0.15) is 40.9 Å². The molecular weight excluding hydrogens is 404 g/mol. The number of hydrogen-bond acceptors (Lipinski definition) is 5. The smallest absolute Gasteiger partial charge is 0.257 e. The van der Waals surface area contributed by atoms with Crippen LogP contribution in [0.15, 0.2) is 47.4 Å². The Morgan fingerprint density at radius 2 is 1.83 bits per heavy atom. The highest BCUT2D eigenvalue weighted by Gasteiger charge is 2.26. The van der Waals surface area contributed by atoms with Crippen LogP contribution < -0.4 is 9.46 Å². The summed E-state index contributed by atoms with van der Waals surface area (Å²) in [4.78, 5) is 14.6. The molecule has 0 radical (unpaired) electrons. The third-order valence-electron chi connectivity index (χ3n) is 5.20. The number of methoxy groups -OCH3 is 1. The van der Waals surface area contributed by atoms with Crippen molar-refractivity contribution in [2.75, 3.05) is 33.4 Å². The summed E-state index contributed by atoms with van der Waals surface area (Å²) in [5.74, 6) is 0.0776. The fourth-order valence-electron chi connectivity index (χ4n) is 3.40. The average molecular weight is 433 g/mol. The molecule has 0 spiro atoms. The van der Waals surface area contributed by atoms with Crippen LogP contribution in [0.4, 0.5) is 0 Å². The van der Waals surface area contributed by atoms with E-state index in [4.69, 9.17) is 9.47 Å². The first kappa shape index (κ1) is 22.3. The lowest BCUT2D eigenvalue weighted by Crippen LogP contribution is -2.40. The first-order valence-electron chi connectivity index (χ1n) is 9.99. The molecule has 1 unspecified atom stereocenters. The average Bonchev–Trinajstić information content (AvgIpc) is 2.77. The predicted molar refractivity (Wildman–Crippen MR) is 114 cm³/mol. The van der Waals surface area contributed by atoms with E-state index in [0.29, 0.717) is 38.5 Å². The van der Waals surface area contributed by atoms with Crippen molar-refractivity contribution in [2.24, 2.45) is 0 Å². The van der Waals surface area contributed by atoms with Gasteiger partial charge in [0.1, 0.15) is 5.75 Å². The second-order valence-corrected chi connectivity index (χ2v) is 8.97. The first-order valence-corrected chi connectivity index (χ1v) is 11.5. The van der Waals surface area contributed by atoms with Crippen molar-refractivity contribution in [1.82, 2.24) is 9.62 Å². The Bertz CT molecular complexity index is 983. The Hall–Kier alpha value is -2.42. The van der Waals surface area contributed by atoms with Gasteiger partial charge < -0.3 is 14.4 Å². The van der Waals surface area contributed by atoms with E-state index in [1.54, 1.807) is 4.90 Å². The number of aryl methyl sites for hydroxylation is 1. The summed E-state index contributed by atoms with van der Waals surface area (Å²) in [6.45, 7) is 5.75. The summed E-state index contributed by atoms with van der Waals surface area (Å²) in [5, 5.41) is 0. The van der Waals surface area contributed by atoms with Gasteiger partial charge in [0.05, 0.1) is 30.8 Å². The number of morpholine rings is 1. The molecule has 2 aromatic rings. The molecule has 1 aliphatic heterocycles. The second kappa shape index (κ2) is 9.59. The standard InChI is InChI=1S/C22H28N2O5S/c1-4-20(17-7-5-16(2)6-8-17)23-30(26,27)18-9-10-21(28-3)19(15-18)22(25)24-11-13-29-14-12-24/h5-10,15,20,23H,4,11-14H2,1-3H3. The van der Waals surface area contributed by atoms with E-state index in [9.17, 15) is 13.2 Å². The van der Waals surface area contributed by atoms with Crippen LogP contribution in [0.2, 0.25) is 0 Å². The molecule has 1 fully saturated rings. The molecule has 0 saturated carbocycles. The number of nitrogens with one attached hydrogen (secondary N) is 1. The van der Waals surface area contributed by atoms with Gasteiger partial charge in [-0.3, -0.25) is 4.79 Å². The largest absolute Gasteiger partial charge is 0.496 e. The van der Waals surface area contributed by atoms with Crippen LogP contribution in [-0.4, -0.2) is 52.6 Å². The highest BCUT2D eigenvalue weighted by Crippen LogP contribution is 2.26. The molecule has 8 heteroatoms. The van der Waals surface area contributed by atoms with Gasteiger partial charge in [0.2, 0.25) is 10.0 Å². The zero-order valence-corrected chi connectivity index (χ0v) is 18.4. The maximum Gasteiger partial charge on any atom is 0.257 e. The summed E-state index contributed by atoms with van der Waals surface area (Å²) in [6, 6.07) is 11.8. The number of nitrogens with zero attached hydrogens (tertiary/aromatic N) is 1. The molecule has 0 bridgehead atoms. The van der Waals surface area contributed by atoms with E-state index in [-0.39, 0.29) is 22.4 Å². The van der Waals surface area contributed by atoms with E-state index in [0.717, 1.165) is 11.1 Å². The van der Waals surface area contributed by atoms with Crippen molar-refractivity contribution in [1.29, 1.82) is 0 Å². The molecule has 0 aliphatic carbocycles. The lowest BCUT2D eigenvalue weighted by molar-refractivity contribution is 0.0300. The van der Waals surface area contributed by atoms with Crippen molar-refractivity contribution in [2.45, 2.75) is 31.2 Å². The number of sulfonamides is 1. The van der Waals surface area contributed by atoms with Gasteiger partial charge in [0, 0.05) is 19.1 Å². The summed E-state index contributed by atoms with van der Waals surface area (Å²) in [7, 11) is -2.38. The lowest BCUT2D eigenvalue weighted by atomic mass is 10.0. The van der Waals surface area contributed by atoms with Crippen molar-refractivity contribution in [3.05, 3.63) is 59.2 Å². The van der Waals surface area contributed by atoms with Crippen LogP contribution in [0.25, 0.3) is 0 Å². The molecule has 1 amide bonds. The Labute approximate surface area is 178 Å². The SMILES string of the molecule is CCC(NS(=O)(=O)c1ccc(OC)c(C(=O)N2CCOCC2)c1)c1ccc(C)cc1. The molecule has 3 rings (SSSR count). The van der Waals surface area contributed by atoms with Gasteiger partial charge in [-0.05, 0) is 37.1 Å². The quantitative estimate of drug-likeness (QED) is 0.727. The topological polar surface area (TPSA) is 84.9 Å². The Morgan fingerprint density at radius 1 is 1.17 bits per heavy atom. The van der Waals surface area contributed by atoms with Crippen molar-refractivity contribution in [3.8, 4) is 5.75 Å². The molecule has 0 aromatic heterocycles. The van der Waals surface area contributed by atoms with E-state index < -0.39 is 10.0 Å². The van der Waals surface area contributed by atoms with E-state index in [1.807, 2.05) is 38.1 Å². The molecule has 162 valence electrons. The minimum absolute atomic E-state index is 0.0328. The second-order valence-electron chi connectivity index (χ2n) is 7.26. The molecule has 1 saturated heterocycles. The lowest BCUT2D eigenvalue weighted by Gasteiger charge is -2.27. The first-order chi connectivity index (χ1) is 14.4. The molecule has 7 nitrogen and oxygen atoms in total. The number of hydrogen-bond donors (Lipinski definition) is 1. The normalized spacial score (nSPS) is 15.6. The van der Waals surface area contributed by atoms with E-state index in [2.05, 4.69) is 4.72 Å². The highest BCUT2D eigenvalue weighted by molar-refractivity contribution is 7.89. The van der Waals surface area contributed by atoms with Crippen LogP contribution in [0, 0.1) is 6.92 Å². The van der Waals surface area contributed by atoms with Crippen LogP contribution in [-0.2, 0) is 14.8 Å². The van der Waals surface area contributed by atoms with Gasteiger partial charge in [-0.2, -0.15) is 0 Å². The summed E-state index contributed by atoms with van der Waals surface area (Å²) < 4.78 is 39.6. The van der Waals surface area contributed by atoms with Crippen molar-refractivity contribution < 1.29 is 22.7 Å². The van der Waals surface area contributed by atoms with Gasteiger partial charge in [0.15, 0.2) is 0 Å². The van der Waals surface area contributed by atoms with Gasteiger partial charge in [0.25, 0.3) is 5.91 Å². The summed E-state index contributed by atoms with van der Waals surface area (Å²) in [6.07, 6.45) is 0.595. The fourth-order valence-corrected chi connectivity index (χ4v) is 4.73. The number of benzene rings is 2. The zero-order chi connectivity index (χ0) is 21.7. The van der Waals surface area contributed by atoms with E-state index in [1.165, 1.54) is 25.3 Å². The Balaban J connectivity index is 1.89. The molecule has 1 heterocycles. The molecular formula is C22H28N2O5S. The maximum absolute atomic E-state index is 13.1. The third-order valence-corrected chi connectivity index (χ3v) is 6.66. The number of carbonyl (C=O) groups excluding carboxylic acids is 1. The molecule has 1 atom stereocenters. The van der Waals surface area contributed by atoms with Gasteiger partial charge in [-0.1, -0.05) is 36.8 Å². The van der Waals surface area contributed by atoms with Gasteiger partial charge in [-0.25, -0.2) is 13.1 Å². The van der Waals surface area contributed by atoms with Crippen LogP contribution >= 0.6 is 0 Å². The number of ether oxygens (including phenoxy) is 2. The Morgan fingerprint density at radius 3 is 2.43 bits per heavy atom. The fraction of sp³-hybridized carbons (Fsp3) is 0.409. The van der Waals surface area contributed by atoms with Crippen molar-refractivity contribution >= 4 is 15.9 Å². The third kappa shape index (κ3) is 5.00. The zero-order valence-electron chi connectivity index (χ0n) is 17.6. The molecule has 30 heavy (non-hydrogen) atoms. The van der Waals surface area contributed by atoms with Crippen LogP contribution in [0.5, 0.6) is 5.75 Å². The number of rotatable bonds is 7. The maximum atomic E-state index is 13.1. The van der Waals surface area contributed by atoms with E-state index >= 15 is 0 Å². The van der Waals surface area contributed by atoms with Gasteiger partial charge >= 0.3 is 0 Å².